The van der Waals surface area contributed by atoms with E-state index in [4.69, 9.17) is 0 Å². The number of allylic oxidation sites excluding steroid dienone is 2. The maximum Gasteiger partial charge on any atom is 0.183 e. The van der Waals surface area contributed by atoms with E-state index in [1.165, 1.54) is 29.2 Å². The van der Waals surface area contributed by atoms with E-state index in [9.17, 15) is 9.59 Å². The van der Waals surface area contributed by atoms with Gasteiger partial charge in [-0.2, -0.15) is 0 Å². The van der Waals surface area contributed by atoms with Crippen LogP contribution in [0.2, 0.25) is 0 Å². The van der Waals surface area contributed by atoms with Crippen LogP contribution < -0.4 is 0 Å². The smallest absolute Gasteiger partial charge is 0.183 e. The Bertz CT molecular complexity index is 1040. The van der Waals surface area contributed by atoms with Crippen LogP contribution in [0.15, 0.2) is 68.3 Å². The highest BCUT2D eigenvalue weighted by Crippen LogP contribution is 2.43. The first-order valence-corrected chi connectivity index (χ1v) is 10.5. The largest absolute Gasteiger partial charge is 0.294 e. The summed E-state index contributed by atoms with van der Waals surface area (Å²) in [7, 11) is 0. The molecule has 0 bridgehead atoms. The molecule has 26 heavy (non-hydrogen) atoms. The fourth-order valence-electron chi connectivity index (χ4n) is 2.98. The second kappa shape index (κ2) is 6.76. The molecule has 1 heterocycles. The van der Waals surface area contributed by atoms with Crippen molar-refractivity contribution in [2.45, 2.75) is 17.7 Å². The lowest BCUT2D eigenvalue weighted by Crippen LogP contribution is -2.33. The Kier molecular flexibility index (Phi) is 4.59. The average molecular weight is 444 g/mol. The van der Waals surface area contributed by atoms with Crippen molar-refractivity contribution in [2.75, 3.05) is 0 Å². The summed E-state index contributed by atoms with van der Waals surface area (Å²) in [6.45, 7) is 1.74. The van der Waals surface area contributed by atoms with Gasteiger partial charge in [0.2, 0.25) is 0 Å². The fraction of sp³-hybridized carbons (Fsp3) is 0.150. The van der Waals surface area contributed by atoms with Crippen LogP contribution in [0.1, 0.15) is 12.5 Å². The maximum atomic E-state index is 13.0. The summed E-state index contributed by atoms with van der Waals surface area (Å²) < 4.78 is 2.76. The second-order valence-electron chi connectivity index (χ2n) is 6.35. The van der Waals surface area contributed by atoms with E-state index >= 15 is 0 Å². The molecule has 0 amide bonds. The molecule has 0 fully saturated rings. The van der Waals surface area contributed by atoms with E-state index in [-0.39, 0.29) is 11.6 Å². The molecule has 3 aromatic rings. The van der Waals surface area contributed by atoms with Crippen molar-refractivity contribution in [2.24, 2.45) is 5.41 Å². The van der Waals surface area contributed by atoms with Crippen LogP contribution in [0.25, 0.3) is 10.2 Å². The highest BCUT2D eigenvalue weighted by Gasteiger charge is 2.47. The first-order chi connectivity index (χ1) is 12.5. The number of para-hydroxylation sites is 1. The lowest BCUT2D eigenvalue weighted by Gasteiger charge is -2.21. The SMILES string of the molecule is C[C@@]1(Cc2ccccc2Br)C(=O)C=C(Sc2nc3ccccc3s2)C1=O. The van der Waals surface area contributed by atoms with Gasteiger partial charge in [0.05, 0.1) is 20.5 Å². The lowest BCUT2D eigenvalue weighted by molar-refractivity contribution is -0.132. The van der Waals surface area contributed by atoms with Crippen LogP contribution in [0.5, 0.6) is 0 Å². The third-order valence-corrected chi connectivity index (χ3v) is 7.40. The summed E-state index contributed by atoms with van der Waals surface area (Å²) in [5, 5.41) is 0. The number of rotatable bonds is 4. The minimum absolute atomic E-state index is 0.123. The molecule has 1 aromatic heterocycles. The van der Waals surface area contributed by atoms with Gasteiger partial charge in [0, 0.05) is 4.47 Å². The van der Waals surface area contributed by atoms with Crippen LogP contribution in [0.3, 0.4) is 0 Å². The number of nitrogens with zero attached hydrogens (tertiary/aromatic N) is 1. The van der Waals surface area contributed by atoms with Gasteiger partial charge in [-0.15, -0.1) is 11.3 Å². The summed E-state index contributed by atoms with van der Waals surface area (Å²) in [4.78, 5) is 30.7. The van der Waals surface area contributed by atoms with Crippen molar-refractivity contribution in [1.82, 2.24) is 4.98 Å². The average Bonchev–Trinajstić information content (AvgIpc) is 3.12. The Hall–Kier alpha value is -1.76. The molecule has 0 spiro atoms. The molecule has 0 saturated carbocycles. The zero-order chi connectivity index (χ0) is 18.3. The highest BCUT2D eigenvalue weighted by molar-refractivity contribution is 9.10. The standard InChI is InChI=1S/C20H14BrNO2S2/c1-20(11-12-6-2-3-7-13(12)21)17(23)10-16(18(20)24)26-19-22-14-8-4-5-9-15(14)25-19/h2-10H,11H2,1H3/t20-/m1/s1. The summed E-state index contributed by atoms with van der Waals surface area (Å²) in [5.41, 5.74) is 0.813. The third kappa shape index (κ3) is 3.06. The maximum absolute atomic E-state index is 13.0. The summed E-state index contributed by atoms with van der Waals surface area (Å²) in [6, 6.07) is 15.6. The number of thioether (sulfide) groups is 1. The quantitative estimate of drug-likeness (QED) is 0.503. The van der Waals surface area contributed by atoms with Gasteiger partial charge >= 0.3 is 0 Å². The van der Waals surface area contributed by atoms with Gasteiger partial charge in [-0.25, -0.2) is 4.98 Å². The third-order valence-electron chi connectivity index (χ3n) is 4.50. The molecular weight excluding hydrogens is 430 g/mol. The first-order valence-electron chi connectivity index (χ1n) is 8.05. The van der Waals surface area contributed by atoms with Crippen molar-refractivity contribution >= 4 is 60.8 Å². The van der Waals surface area contributed by atoms with Gasteiger partial charge in [0.15, 0.2) is 15.9 Å². The Labute approximate surface area is 167 Å². The van der Waals surface area contributed by atoms with Crippen molar-refractivity contribution in [3.05, 3.63) is 69.5 Å². The van der Waals surface area contributed by atoms with Gasteiger partial charge in [0.1, 0.15) is 0 Å². The van der Waals surface area contributed by atoms with Crippen LogP contribution in [0.4, 0.5) is 0 Å². The Morgan fingerprint density at radius 3 is 2.62 bits per heavy atom. The summed E-state index contributed by atoms with van der Waals surface area (Å²) in [5.74, 6) is -0.260. The molecule has 0 unspecified atom stereocenters. The second-order valence-corrected chi connectivity index (χ2v) is 9.53. The highest BCUT2D eigenvalue weighted by atomic mass is 79.9. The van der Waals surface area contributed by atoms with Gasteiger partial charge in [-0.3, -0.25) is 9.59 Å². The molecule has 3 nitrogen and oxygen atoms in total. The van der Waals surface area contributed by atoms with E-state index in [0.717, 1.165) is 24.6 Å². The minimum atomic E-state index is -1.05. The first kappa shape index (κ1) is 17.6. The number of aromatic nitrogens is 1. The number of ketones is 2. The van der Waals surface area contributed by atoms with Crippen LogP contribution in [-0.4, -0.2) is 16.6 Å². The number of Topliss-reactive ketones (excluding diaryl/α,β-unsaturated/α-hetero) is 1. The monoisotopic (exact) mass is 443 g/mol. The van der Waals surface area contributed by atoms with Gasteiger partial charge in [-0.05, 0) is 43.2 Å². The van der Waals surface area contributed by atoms with Crippen LogP contribution in [0, 0.1) is 5.41 Å². The predicted octanol–water partition coefficient (Wildman–Crippen LogP) is 5.44. The minimum Gasteiger partial charge on any atom is -0.294 e. The van der Waals surface area contributed by atoms with E-state index in [1.807, 2.05) is 48.5 Å². The number of carbonyl (C=O) groups excluding carboxylic acids is 2. The summed E-state index contributed by atoms with van der Waals surface area (Å²) >= 11 is 6.33. The summed E-state index contributed by atoms with van der Waals surface area (Å²) in [6.07, 6.45) is 1.86. The van der Waals surface area contributed by atoms with Crippen molar-refractivity contribution in [3.63, 3.8) is 0 Å². The van der Waals surface area contributed by atoms with E-state index in [2.05, 4.69) is 20.9 Å². The van der Waals surface area contributed by atoms with Crippen molar-refractivity contribution in [3.8, 4) is 0 Å². The predicted molar refractivity (Wildman–Crippen MR) is 110 cm³/mol. The number of carbonyl (C=O) groups is 2. The Morgan fingerprint density at radius 2 is 1.85 bits per heavy atom. The molecule has 6 heteroatoms. The number of halogens is 1. The molecule has 2 aromatic carbocycles. The van der Waals surface area contributed by atoms with Crippen molar-refractivity contribution < 1.29 is 9.59 Å². The number of fused-ring (bicyclic) bond motifs is 1. The Morgan fingerprint density at radius 1 is 1.12 bits per heavy atom. The number of hydrogen-bond acceptors (Lipinski definition) is 5. The number of thiazole rings is 1. The molecule has 0 N–H and O–H groups in total. The fourth-order valence-corrected chi connectivity index (χ4v) is 5.63. The molecule has 1 aliphatic rings. The zero-order valence-corrected chi connectivity index (χ0v) is 17.1. The number of hydrogen-bond donors (Lipinski definition) is 0. The zero-order valence-electron chi connectivity index (χ0n) is 13.9. The molecular formula is C20H14BrNO2S2. The van der Waals surface area contributed by atoms with Crippen LogP contribution in [-0.2, 0) is 16.0 Å². The van der Waals surface area contributed by atoms with Crippen molar-refractivity contribution in [1.29, 1.82) is 0 Å². The van der Waals surface area contributed by atoms with E-state index in [0.29, 0.717) is 11.3 Å². The molecule has 130 valence electrons. The van der Waals surface area contributed by atoms with Gasteiger partial charge in [-0.1, -0.05) is 58.0 Å². The molecule has 0 radical (unpaired) electrons. The normalized spacial score (nSPS) is 20.0. The molecule has 1 aliphatic carbocycles. The molecule has 0 saturated heterocycles. The van der Waals surface area contributed by atoms with E-state index in [1.54, 1.807) is 6.92 Å². The molecule has 1 atom stereocenters. The topological polar surface area (TPSA) is 47.0 Å². The molecule has 4 rings (SSSR count). The lowest BCUT2D eigenvalue weighted by atomic mass is 9.80. The van der Waals surface area contributed by atoms with Gasteiger partial charge < -0.3 is 0 Å². The number of benzene rings is 2. The van der Waals surface area contributed by atoms with E-state index < -0.39 is 5.41 Å². The Balaban J connectivity index is 1.59. The molecule has 0 aliphatic heterocycles. The van der Waals surface area contributed by atoms with Crippen LogP contribution >= 0.6 is 39.0 Å². The van der Waals surface area contributed by atoms with Gasteiger partial charge in [0.25, 0.3) is 0 Å².